The molecule has 8 heteroatoms. The molecule has 5 aliphatic rings. The molecule has 196 valence electrons. The van der Waals surface area contributed by atoms with Crippen LogP contribution in [0.4, 0.5) is 0 Å². The molecule has 0 N–H and O–H groups in total. The molecule has 36 heavy (non-hydrogen) atoms. The van der Waals surface area contributed by atoms with Gasteiger partial charge in [-0.25, -0.2) is 0 Å². The van der Waals surface area contributed by atoms with E-state index in [0.29, 0.717) is 25.0 Å². The fourth-order valence-electron chi connectivity index (χ4n) is 8.30. The van der Waals surface area contributed by atoms with Crippen molar-refractivity contribution < 1.29 is 38.1 Å². The number of hydrogen-bond donors (Lipinski definition) is 0. The van der Waals surface area contributed by atoms with Crippen LogP contribution < -0.4 is 0 Å². The van der Waals surface area contributed by atoms with Crippen LogP contribution in [0.25, 0.3) is 0 Å². The summed E-state index contributed by atoms with van der Waals surface area (Å²) in [6.45, 7) is 8.33. The Hall–Kier alpha value is -2.48. The summed E-state index contributed by atoms with van der Waals surface area (Å²) in [7, 11) is 0. The van der Waals surface area contributed by atoms with E-state index < -0.39 is 29.6 Å². The molecular formula is C28H36O8. The van der Waals surface area contributed by atoms with Gasteiger partial charge in [-0.05, 0) is 55.6 Å². The Kier molecular flexibility index (Phi) is 5.78. The summed E-state index contributed by atoms with van der Waals surface area (Å²) in [6, 6.07) is 0. The number of fused-ring (bicyclic) bond motifs is 3. The third-order valence-corrected chi connectivity index (χ3v) is 9.93. The zero-order chi connectivity index (χ0) is 26.1. The zero-order valence-electron chi connectivity index (χ0n) is 21.8. The Morgan fingerprint density at radius 2 is 1.83 bits per heavy atom. The molecular weight excluding hydrogens is 464 g/mol. The van der Waals surface area contributed by atoms with Crippen LogP contribution in [0.5, 0.6) is 0 Å². The number of epoxide rings is 1. The van der Waals surface area contributed by atoms with Crippen LogP contribution in [0.15, 0.2) is 23.5 Å². The Labute approximate surface area is 211 Å². The molecule has 1 heterocycles. The van der Waals surface area contributed by atoms with Crippen molar-refractivity contribution in [1.29, 1.82) is 0 Å². The first-order chi connectivity index (χ1) is 16.9. The summed E-state index contributed by atoms with van der Waals surface area (Å²) in [5.74, 6) is -0.645. The average Bonchev–Trinajstić information content (AvgIpc) is 3.46. The summed E-state index contributed by atoms with van der Waals surface area (Å²) in [5, 5.41) is 0. The van der Waals surface area contributed by atoms with Gasteiger partial charge in [0.25, 0.3) is 0 Å². The normalized spacial score (nSPS) is 41.9. The second kappa shape index (κ2) is 8.27. The molecule has 8 nitrogen and oxygen atoms in total. The number of hydrogen-bond acceptors (Lipinski definition) is 8. The fraction of sp³-hybridized carbons (Fsp3) is 0.714. The fourth-order valence-corrected chi connectivity index (χ4v) is 8.30. The quantitative estimate of drug-likeness (QED) is 0.306. The number of ketones is 1. The van der Waals surface area contributed by atoms with E-state index in [0.717, 1.165) is 24.8 Å². The highest BCUT2D eigenvalue weighted by atomic mass is 16.6. The maximum absolute atomic E-state index is 13.6. The van der Waals surface area contributed by atoms with Gasteiger partial charge in [0, 0.05) is 37.5 Å². The molecule has 0 aromatic carbocycles. The van der Waals surface area contributed by atoms with E-state index in [9.17, 15) is 19.2 Å². The van der Waals surface area contributed by atoms with E-state index in [-0.39, 0.29) is 47.1 Å². The molecule has 3 fully saturated rings. The third kappa shape index (κ3) is 3.29. The minimum absolute atomic E-state index is 0.0693. The van der Waals surface area contributed by atoms with E-state index in [1.807, 2.05) is 6.08 Å². The highest BCUT2D eigenvalue weighted by Gasteiger charge is 2.81. The summed E-state index contributed by atoms with van der Waals surface area (Å²) in [6.07, 6.45) is 8.35. The maximum Gasteiger partial charge on any atom is 0.307 e. The van der Waals surface area contributed by atoms with Gasteiger partial charge in [-0.3, -0.25) is 19.2 Å². The number of carbonyl (C=O) groups excluding carboxylic acids is 4. The van der Waals surface area contributed by atoms with E-state index >= 15 is 0 Å². The first-order valence-corrected chi connectivity index (χ1v) is 13.1. The second-order valence-electron chi connectivity index (χ2n) is 11.6. The molecule has 0 unspecified atom stereocenters. The third-order valence-electron chi connectivity index (χ3n) is 9.93. The van der Waals surface area contributed by atoms with Crippen molar-refractivity contribution in [1.82, 2.24) is 0 Å². The number of ether oxygens (including phenoxy) is 4. The van der Waals surface area contributed by atoms with Gasteiger partial charge in [-0.1, -0.05) is 26.8 Å². The molecule has 0 amide bonds. The smallest absolute Gasteiger partial charge is 0.307 e. The van der Waals surface area contributed by atoms with Crippen LogP contribution in [-0.2, 0) is 38.1 Å². The van der Waals surface area contributed by atoms with E-state index in [4.69, 9.17) is 18.9 Å². The monoisotopic (exact) mass is 500 g/mol. The summed E-state index contributed by atoms with van der Waals surface area (Å²) < 4.78 is 23.2. The van der Waals surface area contributed by atoms with Gasteiger partial charge in [0.15, 0.2) is 12.2 Å². The summed E-state index contributed by atoms with van der Waals surface area (Å²) >= 11 is 0. The van der Waals surface area contributed by atoms with E-state index in [1.54, 1.807) is 6.92 Å². The minimum atomic E-state index is -1.34. The average molecular weight is 501 g/mol. The Bertz CT molecular complexity index is 1090. The van der Waals surface area contributed by atoms with Crippen molar-refractivity contribution in [3.05, 3.63) is 23.5 Å². The molecule has 2 saturated carbocycles. The second-order valence-corrected chi connectivity index (χ2v) is 11.6. The predicted octanol–water partition coefficient (Wildman–Crippen LogP) is 3.96. The first kappa shape index (κ1) is 25.2. The molecule has 4 aliphatic carbocycles. The van der Waals surface area contributed by atoms with Crippen molar-refractivity contribution in [2.75, 3.05) is 6.61 Å². The van der Waals surface area contributed by atoms with Crippen LogP contribution in [-0.4, -0.2) is 47.6 Å². The van der Waals surface area contributed by atoms with Crippen LogP contribution in [0.1, 0.15) is 79.6 Å². The van der Waals surface area contributed by atoms with Gasteiger partial charge in [0.05, 0.1) is 6.10 Å². The lowest BCUT2D eigenvalue weighted by Gasteiger charge is -2.55. The number of carbonyl (C=O) groups is 4. The van der Waals surface area contributed by atoms with Gasteiger partial charge in [-0.15, -0.1) is 0 Å². The van der Waals surface area contributed by atoms with Crippen molar-refractivity contribution in [2.45, 2.75) is 96.9 Å². The summed E-state index contributed by atoms with van der Waals surface area (Å²) in [5.41, 5.74) is -1.38. The highest BCUT2D eigenvalue weighted by molar-refractivity contribution is 5.93. The largest absolute Gasteiger partial charge is 0.457 e. The molecule has 1 aliphatic heterocycles. The lowest BCUT2D eigenvalue weighted by molar-refractivity contribution is -0.187. The molecule has 0 aromatic heterocycles. The highest BCUT2D eigenvalue weighted by Crippen LogP contribution is 2.76. The Morgan fingerprint density at radius 3 is 2.50 bits per heavy atom. The van der Waals surface area contributed by atoms with Gasteiger partial charge in [0.1, 0.15) is 11.4 Å². The van der Waals surface area contributed by atoms with Crippen LogP contribution >= 0.6 is 0 Å². The maximum atomic E-state index is 13.6. The number of allylic oxidation sites excluding steroid dienone is 3. The molecule has 1 spiro atoms. The van der Waals surface area contributed by atoms with E-state index in [2.05, 4.69) is 19.9 Å². The summed E-state index contributed by atoms with van der Waals surface area (Å²) in [4.78, 5) is 49.2. The van der Waals surface area contributed by atoms with Gasteiger partial charge in [-0.2, -0.15) is 0 Å². The molecule has 0 bridgehead atoms. The van der Waals surface area contributed by atoms with Crippen molar-refractivity contribution in [3.63, 3.8) is 0 Å². The number of esters is 3. The van der Waals surface area contributed by atoms with Gasteiger partial charge < -0.3 is 18.9 Å². The Morgan fingerprint density at radius 1 is 1.08 bits per heavy atom. The van der Waals surface area contributed by atoms with Crippen LogP contribution in [0.3, 0.4) is 0 Å². The van der Waals surface area contributed by atoms with Crippen molar-refractivity contribution in [2.24, 2.45) is 22.7 Å². The van der Waals surface area contributed by atoms with Crippen molar-refractivity contribution >= 4 is 23.7 Å². The first-order valence-electron chi connectivity index (χ1n) is 13.1. The zero-order valence-corrected chi connectivity index (χ0v) is 21.8. The molecule has 7 atom stereocenters. The standard InChI is InChI=1S/C28H36O8/c1-6-24(32)33-15-22(31)27(35-17(3)30)12-10-20-21-8-7-18-13-19(34-16(2)29)9-11-25(18,4)28(21)23(36-28)14-26(20,27)5/h7,13,20-21,23H,6,8-12,14-15H2,1-5H3/t20-,21-,23-,25-,26-,27-,28+/m0/s1. The van der Waals surface area contributed by atoms with E-state index in [1.165, 1.54) is 13.8 Å². The predicted molar refractivity (Wildman–Crippen MR) is 127 cm³/mol. The Balaban J connectivity index is 1.49. The number of Topliss-reactive ketones (excluding diaryl/α,β-unsaturated/α-hetero) is 1. The molecule has 1 saturated heterocycles. The molecule has 0 radical (unpaired) electrons. The van der Waals surface area contributed by atoms with Crippen LogP contribution in [0.2, 0.25) is 0 Å². The topological polar surface area (TPSA) is 109 Å². The lowest BCUT2D eigenvalue weighted by Crippen LogP contribution is -2.62. The molecule has 0 aromatic rings. The van der Waals surface area contributed by atoms with Crippen LogP contribution in [0, 0.1) is 22.7 Å². The molecule has 5 rings (SSSR count). The SMILES string of the molecule is CCC(=O)OCC(=O)[C@@]1(OC(C)=O)CC[C@H]2[C@@H]3CC=C4C=C(OC(C)=O)CC[C@]4(C)[C@@]34O[C@H]4C[C@@]21C. The lowest BCUT2D eigenvalue weighted by atomic mass is 9.47. The van der Waals surface area contributed by atoms with Gasteiger partial charge in [0.2, 0.25) is 5.78 Å². The van der Waals surface area contributed by atoms with Gasteiger partial charge >= 0.3 is 17.9 Å². The number of rotatable bonds is 6. The van der Waals surface area contributed by atoms with Crippen molar-refractivity contribution in [3.8, 4) is 0 Å². The minimum Gasteiger partial charge on any atom is -0.457 e.